The van der Waals surface area contributed by atoms with E-state index < -0.39 is 49.1 Å². The minimum atomic E-state index is -3.04. The molecule has 0 aliphatic rings. The fourth-order valence-electron chi connectivity index (χ4n) is 1.80. The molecule has 0 unspecified atom stereocenters. The number of halogens is 2. The highest BCUT2D eigenvalue weighted by Gasteiger charge is 2.17. The average molecular weight is 401 g/mol. The number of hydrogen-bond acceptors (Lipinski definition) is 6. The third-order valence-corrected chi connectivity index (χ3v) is 2.82. The van der Waals surface area contributed by atoms with Crippen LogP contribution in [0.15, 0.2) is 24.3 Å². The van der Waals surface area contributed by atoms with E-state index in [4.69, 9.17) is 0 Å². The van der Waals surface area contributed by atoms with Gasteiger partial charge in [0.05, 0.1) is 0 Å². The Morgan fingerprint density at radius 2 is 1.82 bits per heavy atom. The lowest BCUT2D eigenvalue weighted by molar-refractivity contribution is -0.147. The van der Waals surface area contributed by atoms with Crippen LogP contribution in [-0.2, 0) is 14.3 Å². The molecule has 1 rings (SSSR count). The molecular weight excluding hydrogens is 380 g/mol. The van der Waals surface area contributed by atoms with Crippen molar-refractivity contribution in [2.24, 2.45) is 0 Å². The van der Waals surface area contributed by atoms with Gasteiger partial charge in [0.25, 0.3) is 11.8 Å². The topological polar surface area (TPSA) is 123 Å². The predicted molar refractivity (Wildman–Crippen MR) is 92.8 cm³/mol. The van der Waals surface area contributed by atoms with Crippen LogP contribution in [0.2, 0.25) is 0 Å². The Labute approximate surface area is 159 Å². The Morgan fingerprint density at radius 3 is 2.43 bits per heavy atom. The molecule has 1 aromatic carbocycles. The third kappa shape index (κ3) is 9.46. The molecule has 0 aliphatic heterocycles. The Kier molecular flexibility index (Phi) is 8.29. The summed E-state index contributed by atoms with van der Waals surface area (Å²) in [6, 6.07) is 4.24. The molecule has 9 nitrogen and oxygen atoms in total. The van der Waals surface area contributed by atoms with Crippen molar-refractivity contribution < 1.29 is 37.4 Å². The molecule has 0 atom stereocenters. The van der Waals surface area contributed by atoms with Gasteiger partial charge in [-0.25, -0.2) is 4.79 Å². The predicted octanol–water partition coefficient (Wildman–Crippen LogP) is 1.19. The van der Waals surface area contributed by atoms with Crippen molar-refractivity contribution in [3.63, 3.8) is 0 Å². The molecule has 0 spiro atoms. The number of alkyl halides is 2. The first-order valence-electron chi connectivity index (χ1n) is 8.07. The van der Waals surface area contributed by atoms with Crippen molar-refractivity contribution in [2.45, 2.75) is 32.9 Å². The lowest BCUT2D eigenvalue weighted by Gasteiger charge is -2.20. The fraction of sp³-hybridized carbons (Fsp3) is 0.412. The Morgan fingerprint density at radius 1 is 1.14 bits per heavy atom. The zero-order chi connectivity index (χ0) is 21.3. The highest BCUT2D eigenvalue weighted by molar-refractivity contribution is 5.97. The normalized spacial score (nSPS) is 10.8. The molecular formula is C17H21F2N3O6. The van der Waals surface area contributed by atoms with Crippen LogP contribution in [0.1, 0.15) is 31.1 Å². The van der Waals surface area contributed by atoms with Gasteiger partial charge in [0.2, 0.25) is 0 Å². The smallest absolute Gasteiger partial charge is 0.387 e. The monoisotopic (exact) mass is 401 g/mol. The highest BCUT2D eigenvalue weighted by Crippen LogP contribution is 2.15. The second-order valence-corrected chi connectivity index (χ2v) is 6.50. The summed E-state index contributed by atoms with van der Waals surface area (Å²) in [6.45, 7) is 0.827. The van der Waals surface area contributed by atoms with Crippen LogP contribution >= 0.6 is 0 Å². The maximum Gasteiger partial charge on any atom is 0.387 e. The molecule has 154 valence electrons. The Hall–Kier alpha value is -3.24. The second-order valence-electron chi connectivity index (χ2n) is 6.50. The van der Waals surface area contributed by atoms with Crippen LogP contribution in [-0.4, -0.2) is 49.1 Å². The van der Waals surface area contributed by atoms with Crippen molar-refractivity contribution in [2.75, 3.05) is 13.2 Å². The van der Waals surface area contributed by atoms with Gasteiger partial charge in [-0.2, -0.15) is 8.78 Å². The van der Waals surface area contributed by atoms with Crippen LogP contribution < -0.4 is 20.7 Å². The van der Waals surface area contributed by atoms with Gasteiger partial charge in [-0.05, 0) is 39.0 Å². The highest BCUT2D eigenvalue weighted by atomic mass is 19.3. The number of nitrogens with one attached hydrogen (secondary N) is 3. The molecule has 11 heteroatoms. The van der Waals surface area contributed by atoms with Crippen LogP contribution in [0.5, 0.6) is 5.75 Å². The summed E-state index contributed by atoms with van der Waals surface area (Å²) in [4.78, 5) is 46.5. The van der Waals surface area contributed by atoms with E-state index in [-0.39, 0.29) is 11.3 Å². The summed E-state index contributed by atoms with van der Waals surface area (Å²) in [7, 11) is 0. The molecule has 0 saturated heterocycles. The summed E-state index contributed by atoms with van der Waals surface area (Å²) < 4.78 is 33.2. The van der Waals surface area contributed by atoms with E-state index in [9.17, 15) is 28.0 Å². The quantitative estimate of drug-likeness (QED) is 0.590. The number of carbonyl (C=O) groups is 4. The molecule has 0 fully saturated rings. The summed E-state index contributed by atoms with van der Waals surface area (Å²) in [6.07, 6.45) is 0. The number of benzene rings is 1. The fourth-order valence-corrected chi connectivity index (χ4v) is 1.80. The molecule has 28 heavy (non-hydrogen) atoms. The van der Waals surface area contributed by atoms with Gasteiger partial charge in [-0.15, -0.1) is 0 Å². The van der Waals surface area contributed by atoms with E-state index in [0.717, 1.165) is 6.07 Å². The molecule has 0 heterocycles. The minimum Gasteiger partial charge on any atom is -0.454 e. The van der Waals surface area contributed by atoms with Gasteiger partial charge in [-0.3, -0.25) is 19.7 Å². The van der Waals surface area contributed by atoms with Crippen molar-refractivity contribution in [1.82, 2.24) is 16.0 Å². The first-order chi connectivity index (χ1) is 13.0. The summed E-state index contributed by atoms with van der Waals surface area (Å²) in [5, 5.41) is 6.67. The number of esters is 1. The number of urea groups is 1. The van der Waals surface area contributed by atoms with E-state index >= 15 is 0 Å². The molecule has 4 amide bonds. The first-order valence-corrected chi connectivity index (χ1v) is 8.07. The van der Waals surface area contributed by atoms with E-state index in [2.05, 4.69) is 20.1 Å². The number of amides is 4. The summed E-state index contributed by atoms with van der Waals surface area (Å²) >= 11 is 0. The summed E-state index contributed by atoms with van der Waals surface area (Å²) in [5.41, 5.74) is -0.564. The zero-order valence-corrected chi connectivity index (χ0v) is 15.5. The molecule has 0 aliphatic carbocycles. The largest absolute Gasteiger partial charge is 0.454 e. The standard InChI is InChI=1S/C17H21F2N3O6/c1-17(2,3)22-16(26)21-12(23)9-27-13(24)8-20-14(25)10-5-4-6-11(7-10)28-15(18)19/h4-7,15H,8-9H2,1-3H3,(H,20,25)(H2,21,22,23,26). The molecule has 3 N–H and O–H groups in total. The van der Waals surface area contributed by atoms with Crippen LogP contribution in [0.25, 0.3) is 0 Å². The van der Waals surface area contributed by atoms with Gasteiger partial charge in [0.15, 0.2) is 6.61 Å². The number of carbonyl (C=O) groups excluding carboxylic acids is 4. The van der Waals surface area contributed by atoms with Crippen molar-refractivity contribution in [1.29, 1.82) is 0 Å². The maximum atomic E-state index is 12.2. The first kappa shape index (κ1) is 22.8. The Bertz CT molecular complexity index is 734. The lowest BCUT2D eigenvalue weighted by Crippen LogP contribution is -2.49. The second kappa shape index (κ2) is 10.2. The van der Waals surface area contributed by atoms with E-state index in [1.807, 2.05) is 5.32 Å². The molecule has 0 radical (unpaired) electrons. The Balaban J connectivity index is 2.39. The maximum absolute atomic E-state index is 12.2. The number of ether oxygens (including phenoxy) is 2. The van der Waals surface area contributed by atoms with Gasteiger partial charge >= 0.3 is 18.6 Å². The van der Waals surface area contributed by atoms with Crippen LogP contribution in [0.4, 0.5) is 13.6 Å². The number of hydrogen-bond donors (Lipinski definition) is 3. The van der Waals surface area contributed by atoms with Gasteiger partial charge in [0, 0.05) is 11.1 Å². The minimum absolute atomic E-state index is 0.0115. The molecule has 0 bridgehead atoms. The van der Waals surface area contributed by atoms with Gasteiger partial charge in [0.1, 0.15) is 12.3 Å². The van der Waals surface area contributed by atoms with E-state index in [0.29, 0.717) is 0 Å². The molecule has 0 saturated carbocycles. The van der Waals surface area contributed by atoms with Crippen LogP contribution in [0.3, 0.4) is 0 Å². The van der Waals surface area contributed by atoms with E-state index in [1.54, 1.807) is 20.8 Å². The summed E-state index contributed by atoms with van der Waals surface area (Å²) in [5.74, 6) is -2.72. The molecule has 1 aromatic rings. The van der Waals surface area contributed by atoms with Gasteiger partial charge < -0.3 is 20.1 Å². The van der Waals surface area contributed by atoms with Crippen molar-refractivity contribution in [3.05, 3.63) is 29.8 Å². The number of imide groups is 1. The van der Waals surface area contributed by atoms with E-state index in [1.165, 1.54) is 18.2 Å². The molecule has 0 aromatic heterocycles. The van der Waals surface area contributed by atoms with Crippen LogP contribution in [0, 0.1) is 0 Å². The average Bonchev–Trinajstić information content (AvgIpc) is 2.55. The number of rotatable bonds is 7. The lowest BCUT2D eigenvalue weighted by atomic mass is 10.1. The SMILES string of the molecule is CC(C)(C)NC(=O)NC(=O)COC(=O)CNC(=O)c1cccc(OC(F)F)c1. The van der Waals surface area contributed by atoms with Gasteiger partial charge in [-0.1, -0.05) is 6.07 Å². The third-order valence-electron chi connectivity index (χ3n) is 2.82. The van der Waals surface area contributed by atoms with Crippen molar-refractivity contribution in [3.8, 4) is 5.75 Å². The van der Waals surface area contributed by atoms with Crippen molar-refractivity contribution >= 4 is 23.8 Å². The zero-order valence-electron chi connectivity index (χ0n) is 15.5.